The van der Waals surface area contributed by atoms with E-state index in [2.05, 4.69) is 10.3 Å². The maximum absolute atomic E-state index is 13.9. The lowest BCUT2D eigenvalue weighted by atomic mass is 9.95. The van der Waals surface area contributed by atoms with Crippen molar-refractivity contribution in [3.63, 3.8) is 0 Å². The van der Waals surface area contributed by atoms with Gasteiger partial charge < -0.3 is 5.32 Å². The van der Waals surface area contributed by atoms with E-state index >= 15 is 0 Å². The van der Waals surface area contributed by atoms with Gasteiger partial charge in [-0.15, -0.1) is 0 Å². The van der Waals surface area contributed by atoms with Gasteiger partial charge in [-0.25, -0.2) is 4.39 Å². The van der Waals surface area contributed by atoms with Crippen LogP contribution in [0.2, 0.25) is 0 Å². The molecule has 0 fully saturated rings. The molecule has 0 saturated carbocycles. The van der Waals surface area contributed by atoms with Crippen LogP contribution in [0.1, 0.15) is 17.3 Å². The van der Waals surface area contributed by atoms with Crippen LogP contribution < -0.4 is 5.32 Å². The molecule has 1 atom stereocenters. The molecule has 1 aromatic heterocycles. The number of likely N-dealkylation sites (N-methyl/N-ethyl adjacent to an activating group) is 1. The van der Waals surface area contributed by atoms with E-state index in [0.29, 0.717) is 5.39 Å². The third kappa shape index (κ3) is 2.78. The van der Waals surface area contributed by atoms with E-state index in [1.165, 1.54) is 0 Å². The first-order chi connectivity index (χ1) is 10.3. The Balaban J connectivity index is 2.03. The third-order valence-corrected chi connectivity index (χ3v) is 3.77. The molecule has 2 aromatic carbocycles. The van der Waals surface area contributed by atoms with Crippen molar-refractivity contribution in [2.75, 3.05) is 7.05 Å². The van der Waals surface area contributed by atoms with Crippen molar-refractivity contribution < 1.29 is 4.39 Å². The minimum Gasteiger partial charge on any atom is -0.313 e. The van der Waals surface area contributed by atoms with Gasteiger partial charge in [0.15, 0.2) is 0 Å². The van der Waals surface area contributed by atoms with Crippen LogP contribution >= 0.6 is 0 Å². The van der Waals surface area contributed by atoms with Crippen molar-refractivity contribution in [1.82, 2.24) is 10.3 Å². The van der Waals surface area contributed by atoms with Crippen molar-refractivity contribution in [1.29, 1.82) is 0 Å². The normalized spacial score (nSPS) is 12.5. The van der Waals surface area contributed by atoms with Crippen molar-refractivity contribution in [2.24, 2.45) is 0 Å². The molecule has 2 nitrogen and oxygen atoms in total. The summed E-state index contributed by atoms with van der Waals surface area (Å²) in [7, 11) is 1.92. The summed E-state index contributed by atoms with van der Waals surface area (Å²) in [6.07, 6.45) is 2.57. The Morgan fingerprint density at radius 2 is 1.76 bits per heavy atom. The van der Waals surface area contributed by atoms with Crippen LogP contribution in [0, 0.1) is 5.82 Å². The predicted octanol–water partition coefficient (Wildman–Crippen LogP) is 3.88. The largest absolute Gasteiger partial charge is 0.313 e. The summed E-state index contributed by atoms with van der Waals surface area (Å²) in [5.74, 6) is -0.179. The van der Waals surface area contributed by atoms with E-state index in [9.17, 15) is 4.39 Å². The molecule has 0 aliphatic rings. The fourth-order valence-corrected chi connectivity index (χ4v) is 2.68. The molecule has 0 amide bonds. The molecule has 0 bridgehead atoms. The van der Waals surface area contributed by atoms with Gasteiger partial charge in [-0.3, -0.25) is 4.98 Å². The topological polar surface area (TPSA) is 24.9 Å². The Morgan fingerprint density at radius 3 is 2.48 bits per heavy atom. The van der Waals surface area contributed by atoms with Crippen molar-refractivity contribution in [2.45, 2.75) is 12.5 Å². The highest BCUT2D eigenvalue weighted by Gasteiger charge is 2.15. The summed E-state index contributed by atoms with van der Waals surface area (Å²) >= 11 is 0. The molecule has 3 heteroatoms. The Kier molecular flexibility index (Phi) is 3.93. The maximum atomic E-state index is 13.9. The highest BCUT2D eigenvalue weighted by atomic mass is 19.1. The molecular weight excluding hydrogens is 263 g/mol. The molecule has 0 aliphatic heterocycles. The number of pyridine rings is 1. The predicted molar refractivity (Wildman–Crippen MR) is 83.6 cm³/mol. The van der Waals surface area contributed by atoms with Crippen LogP contribution in [-0.2, 0) is 6.42 Å². The standard InChI is InChI=1S/C18H17FN2/c1-20-18(12-13-6-4-5-11-21-13)16-9-10-17(19)15-8-3-2-7-14(15)16/h2-11,18,20H,12H2,1H3. The van der Waals surface area contributed by atoms with Gasteiger partial charge in [0.2, 0.25) is 0 Å². The summed E-state index contributed by atoms with van der Waals surface area (Å²) in [4.78, 5) is 4.38. The minimum atomic E-state index is -0.179. The van der Waals surface area contributed by atoms with Gasteiger partial charge in [0.25, 0.3) is 0 Å². The summed E-state index contributed by atoms with van der Waals surface area (Å²) in [5.41, 5.74) is 2.12. The highest BCUT2D eigenvalue weighted by Crippen LogP contribution is 2.28. The van der Waals surface area contributed by atoms with Gasteiger partial charge in [-0.2, -0.15) is 0 Å². The fraction of sp³-hybridized carbons (Fsp3) is 0.167. The number of fused-ring (bicyclic) bond motifs is 1. The summed E-state index contributed by atoms with van der Waals surface area (Å²) in [5, 5.41) is 4.93. The Labute approximate surface area is 123 Å². The van der Waals surface area contributed by atoms with Gasteiger partial charge in [-0.1, -0.05) is 36.4 Å². The third-order valence-electron chi connectivity index (χ3n) is 3.77. The Bertz CT molecular complexity index is 741. The lowest BCUT2D eigenvalue weighted by Crippen LogP contribution is -2.19. The summed E-state index contributed by atoms with van der Waals surface area (Å²) < 4.78 is 13.9. The van der Waals surface area contributed by atoms with Crippen molar-refractivity contribution >= 4 is 10.8 Å². The van der Waals surface area contributed by atoms with E-state index < -0.39 is 0 Å². The van der Waals surface area contributed by atoms with Gasteiger partial charge >= 0.3 is 0 Å². The van der Waals surface area contributed by atoms with Gasteiger partial charge in [0.1, 0.15) is 5.82 Å². The molecule has 21 heavy (non-hydrogen) atoms. The maximum Gasteiger partial charge on any atom is 0.131 e. The molecule has 1 heterocycles. The molecule has 0 radical (unpaired) electrons. The number of aromatic nitrogens is 1. The molecule has 3 rings (SSSR count). The number of hydrogen-bond donors (Lipinski definition) is 1. The van der Waals surface area contributed by atoms with Crippen LogP contribution in [0.3, 0.4) is 0 Å². The summed E-state index contributed by atoms with van der Waals surface area (Å²) in [6, 6.07) is 17.0. The number of halogens is 1. The van der Waals surface area contributed by atoms with Crippen molar-refractivity contribution in [3.8, 4) is 0 Å². The minimum absolute atomic E-state index is 0.102. The molecule has 0 spiro atoms. The zero-order chi connectivity index (χ0) is 14.7. The van der Waals surface area contributed by atoms with Crippen LogP contribution in [0.4, 0.5) is 4.39 Å². The molecule has 106 valence electrons. The number of benzene rings is 2. The van der Waals surface area contributed by atoms with Crippen LogP contribution in [0.15, 0.2) is 60.8 Å². The smallest absolute Gasteiger partial charge is 0.131 e. The average molecular weight is 280 g/mol. The molecule has 0 saturated heterocycles. The lowest BCUT2D eigenvalue weighted by molar-refractivity contribution is 0.586. The van der Waals surface area contributed by atoms with E-state index in [4.69, 9.17) is 0 Å². The van der Waals surface area contributed by atoms with Gasteiger partial charge in [0.05, 0.1) is 0 Å². The van der Waals surface area contributed by atoms with Gasteiger partial charge in [-0.05, 0) is 36.2 Å². The fourth-order valence-electron chi connectivity index (χ4n) is 2.68. The summed E-state index contributed by atoms with van der Waals surface area (Å²) in [6.45, 7) is 0. The first-order valence-electron chi connectivity index (χ1n) is 7.04. The number of nitrogens with one attached hydrogen (secondary N) is 1. The number of nitrogens with zero attached hydrogens (tertiary/aromatic N) is 1. The van der Waals surface area contributed by atoms with E-state index in [-0.39, 0.29) is 11.9 Å². The van der Waals surface area contributed by atoms with Crippen LogP contribution in [0.5, 0.6) is 0 Å². The first kappa shape index (κ1) is 13.7. The Morgan fingerprint density at radius 1 is 1.00 bits per heavy atom. The van der Waals surface area contributed by atoms with Crippen molar-refractivity contribution in [3.05, 3.63) is 77.9 Å². The highest BCUT2D eigenvalue weighted by molar-refractivity contribution is 5.86. The van der Waals surface area contributed by atoms with E-state index in [1.54, 1.807) is 12.3 Å². The monoisotopic (exact) mass is 280 g/mol. The zero-order valence-corrected chi connectivity index (χ0v) is 11.9. The first-order valence-corrected chi connectivity index (χ1v) is 7.04. The molecular formula is C18H17FN2. The number of rotatable bonds is 4. The molecule has 3 aromatic rings. The quantitative estimate of drug-likeness (QED) is 0.784. The molecule has 0 aliphatic carbocycles. The lowest BCUT2D eigenvalue weighted by Gasteiger charge is -2.18. The SMILES string of the molecule is CNC(Cc1ccccn1)c1ccc(F)c2ccccc12. The number of hydrogen-bond acceptors (Lipinski definition) is 2. The van der Waals surface area contributed by atoms with E-state index in [0.717, 1.165) is 23.1 Å². The van der Waals surface area contributed by atoms with Crippen LogP contribution in [0.25, 0.3) is 10.8 Å². The second-order valence-corrected chi connectivity index (χ2v) is 5.05. The van der Waals surface area contributed by atoms with Gasteiger partial charge in [0, 0.05) is 29.7 Å². The van der Waals surface area contributed by atoms with E-state index in [1.807, 2.05) is 55.6 Å². The molecule has 1 unspecified atom stereocenters. The second kappa shape index (κ2) is 6.02. The van der Waals surface area contributed by atoms with Crippen LogP contribution in [-0.4, -0.2) is 12.0 Å². The zero-order valence-electron chi connectivity index (χ0n) is 11.9. The second-order valence-electron chi connectivity index (χ2n) is 5.05. The Hall–Kier alpha value is -2.26. The molecule has 1 N–H and O–H groups in total. The average Bonchev–Trinajstić information content (AvgIpc) is 2.55.